The van der Waals surface area contributed by atoms with Crippen molar-refractivity contribution in [1.82, 2.24) is 0 Å². The summed E-state index contributed by atoms with van der Waals surface area (Å²) >= 11 is 5.76. The number of para-hydroxylation sites is 1. The molecular formula is C15H15ClFN. The van der Waals surface area contributed by atoms with E-state index in [1.54, 1.807) is 12.1 Å². The Morgan fingerprint density at radius 2 is 1.50 bits per heavy atom. The van der Waals surface area contributed by atoms with Crippen LogP contribution in [0.4, 0.5) is 15.8 Å². The molecule has 2 aromatic carbocycles. The Labute approximate surface area is 112 Å². The molecule has 0 aliphatic carbocycles. The van der Waals surface area contributed by atoms with E-state index in [1.807, 2.05) is 30.3 Å². The largest absolute Gasteiger partial charge is 0.341 e. The third-order valence-electron chi connectivity index (χ3n) is 2.72. The van der Waals surface area contributed by atoms with Gasteiger partial charge in [-0.3, -0.25) is 0 Å². The second-order valence-electron chi connectivity index (χ2n) is 4.01. The van der Waals surface area contributed by atoms with E-state index in [-0.39, 0.29) is 5.82 Å². The average molecular weight is 264 g/mol. The lowest BCUT2D eigenvalue weighted by Gasteiger charge is -2.24. The zero-order valence-corrected chi connectivity index (χ0v) is 10.8. The minimum absolute atomic E-state index is 0.218. The third-order valence-corrected chi connectivity index (χ3v) is 2.99. The van der Waals surface area contributed by atoms with Crippen molar-refractivity contribution in [2.45, 2.75) is 6.42 Å². The highest BCUT2D eigenvalue weighted by Gasteiger charge is 2.08. The van der Waals surface area contributed by atoms with E-state index in [4.69, 9.17) is 11.6 Å². The van der Waals surface area contributed by atoms with E-state index < -0.39 is 0 Å². The first-order valence-corrected chi connectivity index (χ1v) is 6.49. The Morgan fingerprint density at radius 1 is 0.889 bits per heavy atom. The highest BCUT2D eigenvalue weighted by molar-refractivity contribution is 6.17. The molecule has 0 saturated heterocycles. The van der Waals surface area contributed by atoms with E-state index >= 15 is 0 Å². The summed E-state index contributed by atoms with van der Waals surface area (Å²) in [4.78, 5) is 2.14. The molecule has 0 fully saturated rings. The molecule has 0 N–H and O–H groups in total. The van der Waals surface area contributed by atoms with Gasteiger partial charge in [0.15, 0.2) is 0 Å². The third kappa shape index (κ3) is 3.23. The second-order valence-corrected chi connectivity index (χ2v) is 4.38. The highest BCUT2D eigenvalue weighted by Crippen LogP contribution is 2.25. The molecule has 0 atom stereocenters. The molecule has 0 aromatic heterocycles. The number of rotatable bonds is 5. The molecule has 0 heterocycles. The summed E-state index contributed by atoms with van der Waals surface area (Å²) in [5, 5.41) is 0. The lowest BCUT2D eigenvalue weighted by atomic mass is 10.2. The van der Waals surface area contributed by atoms with Crippen LogP contribution in [0, 0.1) is 5.82 Å². The predicted molar refractivity (Wildman–Crippen MR) is 75.2 cm³/mol. The molecule has 0 spiro atoms. The van der Waals surface area contributed by atoms with Gasteiger partial charge < -0.3 is 4.90 Å². The molecule has 0 unspecified atom stereocenters. The van der Waals surface area contributed by atoms with Crippen molar-refractivity contribution >= 4 is 23.0 Å². The summed E-state index contributed by atoms with van der Waals surface area (Å²) in [7, 11) is 0. The van der Waals surface area contributed by atoms with Crippen LogP contribution in [0.1, 0.15) is 6.42 Å². The molecule has 1 nitrogen and oxygen atoms in total. The molecule has 2 aromatic rings. The fourth-order valence-electron chi connectivity index (χ4n) is 1.85. The summed E-state index contributed by atoms with van der Waals surface area (Å²) < 4.78 is 13.0. The van der Waals surface area contributed by atoms with E-state index in [0.717, 1.165) is 24.3 Å². The molecule has 0 amide bonds. The van der Waals surface area contributed by atoms with E-state index in [2.05, 4.69) is 4.90 Å². The quantitative estimate of drug-likeness (QED) is 0.713. The Bertz CT molecular complexity index is 470. The lowest BCUT2D eigenvalue weighted by molar-refractivity contribution is 0.627. The van der Waals surface area contributed by atoms with Crippen LogP contribution < -0.4 is 4.90 Å². The van der Waals surface area contributed by atoms with Crippen LogP contribution in [0.2, 0.25) is 0 Å². The van der Waals surface area contributed by atoms with Crippen LogP contribution in [-0.4, -0.2) is 12.4 Å². The van der Waals surface area contributed by atoms with Gasteiger partial charge in [-0.05, 0) is 42.8 Å². The maximum Gasteiger partial charge on any atom is 0.123 e. The lowest BCUT2D eigenvalue weighted by Crippen LogP contribution is -2.18. The van der Waals surface area contributed by atoms with Crippen molar-refractivity contribution in [3.8, 4) is 0 Å². The Morgan fingerprint density at radius 3 is 2.11 bits per heavy atom. The maximum absolute atomic E-state index is 13.0. The van der Waals surface area contributed by atoms with Crippen LogP contribution in [0.25, 0.3) is 0 Å². The van der Waals surface area contributed by atoms with Crippen molar-refractivity contribution in [2.75, 3.05) is 17.3 Å². The van der Waals surface area contributed by atoms with Gasteiger partial charge in [0, 0.05) is 23.8 Å². The van der Waals surface area contributed by atoms with Crippen LogP contribution in [-0.2, 0) is 0 Å². The fraction of sp³-hybridized carbons (Fsp3) is 0.200. The van der Waals surface area contributed by atoms with E-state index in [9.17, 15) is 4.39 Å². The van der Waals surface area contributed by atoms with Crippen molar-refractivity contribution in [3.63, 3.8) is 0 Å². The molecule has 0 saturated carbocycles. The first kappa shape index (κ1) is 12.9. The van der Waals surface area contributed by atoms with Crippen molar-refractivity contribution < 1.29 is 4.39 Å². The van der Waals surface area contributed by atoms with Gasteiger partial charge >= 0.3 is 0 Å². The van der Waals surface area contributed by atoms with Crippen LogP contribution in [0.15, 0.2) is 54.6 Å². The van der Waals surface area contributed by atoms with Crippen LogP contribution in [0.3, 0.4) is 0 Å². The second kappa shape index (κ2) is 6.41. The molecule has 0 bridgehead atoms. The SMILES string of the molecule is Fc1ccc(N(CCCCl)c2ccccc2)cc1. The Kier molecular flexibility index (Phi) is 4.59. The van der Waals surface area contributed by atoms with Gasteiger partial charge in [0.1, 0.15) is 5.82 Å². The van der Waals surface area contributed by atoms with E-state index in [0.29, 0.717) is 5.88 Å². The molecule has 0 aliphatic heterocycles. The average Bonchev–Trinajstić information content (AvgIpc) is 2.42. The van der Waals surface area contributed by atoms with Gasteiger partial charge in [-0.1, -0.05) is 18.2 Å². The van der Waals surface area contributed by atoms with Gasteiger partial charge in [0.2, 0.25) is 0 Å². The predicted octanol–water partition coefficient (Wildman–Crippen LogP) is 4.59. The standard InChI is InChI=1S/C15H15ClFN/c16-11-4-12-18(14-5-2-1-3-6-14)15-9-7-13(17)8-10-15/h1-3,5-10H,4,11-12H2. The summed E-state index contributed by atoms with van der Waals surface area (Å²) in [6.45, 7) is 0.819. The highest BCUT2D eigenvalue weighted by atomic mass is 35.5. The van der Waals surface area contributed by atoms with Gasteiger partial charge in [0.05, 0.1) is 0 Å². The number of benzene rings is 2. The summed E-state index contributed by atoms with van der Waals surface area (Å²) in [6.07, 6.45) is 0.883. The monoisotopic (exact) mass is 263 g/mol. The summed E-state index contributed by atoms with van der Waals surface area (Å²) in [5.41, 5.74) is 2.07. The number of alkyl halides is 1. The van der Waals surface area contributed by atoms with Crippen molar-refractivity contribution in [3.05, 3.63) is 60.4 Å². The molecule has 18 heavy (non-hydrogen) atoms. The van der Waals surface area contributed by atoms with Crippen molar-refractivity contribution in [1.29, 1.82) is 0 Å². The fourth-order valence-corrected chi connectivity index (χ4v) is 1.97. The maximum atomic E-state index is 13.0. The number of halogens is 2. The van der Waals surface area contributed by atoms with Crippen LogP contribution >= 0.6 is 11.6 Å². The first-order chi connectivity index (χ1) is 8.81. The normalized spacial score (nSPS) is 10.3. The number of hydrogen-bond donors (Lipinski definition) is 0. The molecule has 3 heteroatoms. The zero-order valence-electron chi connectivity index (χ0n) is 10.0. The smallest absolute Gasteiger partial charge is 0.123 e. The molecule has 2 rings (SSSR count). The number of hydrogen-bond acceptors (Lipinski definition) is 1. The van der Waals surface area contributed by atoms with E-state index in [1.165, 1.54) is 12.1 Å². The minimum atomic E-state index is -0.218. The topological polar surface area (TPSA) is 3.24 Å². The summed E-state index contributed by atoms with van der Waals surface area (Å²) in [6, 6.07) is 16.6. The zero-order chi connectivity index (χ0) is 12.8. The minimum Gasteiger partial charge on any atom is -0.341 e. The van der Waals surface area contributed by atoms with Gasteiger partial charge in [-0.2, -0.15) is 0 Å². The molecule has 0 radical (unpaired) electrons. The molecule has 0 aliphatic rings. The van der Waals surface area contributed by atoms with Crippen molar-refractivity contribution in [2.24, 2.45) is 0 Å². The molecule has 94 valence electrons. The Balaban J connectivity index is 2.27. The Hall–Kier alpha value is -1.54. The first-order valence-electron chi connectivity index (χ1n) is 5.95. The van der Waals surface area contributed by atoms with Gasteiger partial charge in [-0.15, -0.1) is 11.6 Å². The molecular weight excluding hydrogens is 249 g/mol. The number of anilines is 2. The van der Waals surface area contributed by atoms with Crippen LogP contribution in [0.5, 0.6) is 0 Å². The number of nitrogens with zero attached hydrogens (tertiary/aromatic N) is 1. The van der Waals surface area contributed by atoms with Gasteiger partial charge in [-0.25, -0.2) is 4.39 Å². The summed E-state index contributed by atoms with van der Waals surface area (Å²) in [5.74, 6) is 0.397. The van der Waals surface area contributed by atoms with Gasteiger partial charge in [0.25, 0.3) is 0 Å².